The summed E-state index contributed by atoms with van der Waals surface area (Å²) in [5, 5.41) is 0.562. The summed E-state index contributed by atoms with van der Waals surface area (Å²) in [5.74, 6) is 0.829. The molecule has 0 fully saturated rings. The minimum absolute atomic E-state index is 0.245. The number of allylic oxidation sites excluding steroid dienone is 1. The molecule has 7 nitrogen and oxygen atoms in total. The lowest BCUT2D eigenvalue weighted by molar-refractivity contribution is -0.143. The van der Waals surface area contributed by atoms with Gasteiger partial charge in [0, 0.05) is 5.02 Å². The highest BCUT2D eigenvalue weighted by Gasteiger charge is 2.33. The SMILES string of the molecule is CC1=C(C(=O)OC(C)C)[C@H](c2ccc(Cl)cc2)n2c(s/c(=C\c3ccc4c(c3)OCCO4)c2=O)=N1. The molecule has 0 radical (unpaired) electrons. The lowest BCUT2D eigenvalue weighted by Gasteiger charge is -2.25. The van der Waals surface area contributed by atoms with Crippen molar-refractivity contribution in [2.75, 3.05) is 13.2 Å². The molecule has 2 aliphatic rings. The van der Waals surface area contributed by atoms with Gasteiger partial charge in [0.1, 0.15) is 13.2 Å². The van der Waals surface area contributed by atoms with Crippen LogP contribution >= 0.6 is 22.9 Å². The fourth-order valence-corrected chi connectivity index (χ4v) is 5.29. The topological polar surface area (TPSA) is 79.1 Å². The van der Waals surface area contributed by atoms with Gasteiger partial charge in [0.15, 0.2) is 16.3 Å². The second-order valence-electron chi connectivity index (χ2n) is 8.49. The van der Waals surface area contributed by atoms with Gasteiger partial charge in [-0.1, -0.05) is 41.1 Å². The molecule has 2 aliphatic heterocycles. The molecule has 0 spiro atoms. The van der Waals surface area contributed by atoms with Crippen LogP contribution in [0.25, 0.3) is 6.08 Å². The van der Waals surface area contributed by atoms with Crippen molar-refractivity contribution in [3.05, 3.63) is 89.6 Å². The number of halogens is 1. The molecular weight excluding hydrogens is 488 g/mol. The van der Waals surface area contributed by atoms with E-state index in [1.807, 2.05) is 30.3 Å². The summed E-state index contributed by atoms with van der Waals surface area (Å²) < 4.78 is 18.8. The van der Waals surface area contributed by atoms with Crippen LogP contribution in [0.2, 0.25) is 5.02 Å². The Kier molecular flexibility index (Phi) is 6.25. The monoisotopic (exact) mass is 510 g/mol. The van der Waals surface area contributed by atoms with Crippen LogP contribution in [-0.2, 0) is 9.53 Å². The zero-order chi connectivity index (χ0) is 24.7. The standard InChI is InChI=1S/C26H23ClN2O5S/c1-14(2)34-25(31)22-15(3)28-26-29(23(22)17-5-7-18(27)8-6-17)24(30)21(35-26)13-16-4-9-19-20(12-16)33-11-10-32-19/h4-9,12-14,23H,10-11H2,1-3H3/b21-13-/t23-/m0/s1. The van der Waals surface area contributed by atoms with E-state index in [0.29, 0.717) is 50.3 Å². The fourth-order valence-electron chi connectivity index (χ4n) is 4.12. The highest BCUT2D eigenvalue weighted by atomic mass is 35.5. The number of esters is 1. The van der Waals surface area contributed by atoms with Crippen LogP contribution in [0.15, 0.2) is 63.5 Å². The second-order valence-corrected chi connectivity index (χ2v) is 9.94. The molecule has 0 bridgehead atoms. The highest BCUT2D eigenvalue weighted by molar-refractivity contribution is 7.07. The summed E-state index contributed by atoms with van der Waals surface area (Å²) in [5.41, 5.74) is 2.15. The fraction of sp³-hybridized carbons (Fsp3) is 0.269. The number of ether oxygens (including phenoxy) is 3. The molecule has 3 heterocycles. The van der Waals surface area contributed by atoms with Crippen LogP contribution in [0.5, 0.6) is 11.5 Å². The minimum Gasteiger partial charge on any atom is -0.486 e. The highest BCUT2D eigenvalue weighted by Crippen LogP contribution is 2.32. The Hall–Kier alpha value is -3.36. The Morgan fingerprint density at radius 3 is 2.60 bits per heavy atom. The van der Waals surface area contributed by atoms with Gasteiger partial charge in [0.25, 0.3) is 5.56 Å². The van der Waals surface area contributed by atoms with Gasteiger partial charge in [-0.05, 0) is 62.2 Å². The van der Waals surface area contributed by atoms with Crippen LogP contribution in [0.3, 0.4) is 0 Å². The van der Waals surface area contributed by atoms with Crippen LogP contribution in [0, 0.1) is 0 Å². The van der Waals surface area contributed by atoms with E-state index in [-0.39, 0.29) is 11.7 Å². The third-order valence-electron chi connectivity index (χ3n) is 5.63. The number of hydrogen-bond donors (Lipinski definition) is 0. The normalized spacial score (nSPS) is 17.3. The molecule has 1 atom stereocenters. The Morgan fingerprint density at radius 1 is 1.17 bits per heavy atom. The molecule has 0 unspecified atom stereocenters. The molecule has 0 saturated heterocycles. The predicted octanol–water partition coefficient (Wildman–Crippen LogP) is 3.61. The first-order valence-electron chi connectivity index (χ1n) is 11.2. The van der Waals surface area contributed by atoms with E-state index in [1.54, 1.807) is 43.5 Å². The van der Waals surface area contributed by atoms with Crippen molar-refractivity contribution >= 4 is 35.0 Å². The number of benzene rings is 2. The van der Waals surface area contributed by atoms with E-state index in [4.69, 9.17) is 25.8 Å². The number of fused-ring (bicyclic) bond motifs is 2. The first-order chi connectivity index (χ1) is 16.8. The molecule has 1 aromatic heterocycles. The smallest absolute Gasteiger partial charge is 0.338 e. The van der Waals surface area contributed by atoms with Crippen molar-refractivity contribution in [1.82, 2.24) is 4.57 Å². The minimum atomic E-state index is -0.683. The molecule has 9 heteroatoms. The maximum atomic E-state index is 13.7. The van der Waals surface area contributed by atoms with Crippen LogP contribution in [-0.4, -0.2) is 29.9 Å². The van der Waals surface area contributed by atoms with E-state index in [0.717, 1.165) is 11.1 Å². The molecule has 0 aliphatic carbocycles. The van der Waals surface area contributed by atoms with Gasteiger partial charge in [0.2, 0.25) is 0 Å². The van der Waals surface area contributed by atoms with Crippen molar-refractivity contribution < 1.29 is 19.0 Å². The number of rotatable bonds is 4. The maximum absolute atomic E-state index is 13.7. The van der Waals surface area contributed by atoms with Gasteiger partial charge in [-0.2, -0.15) is 0 Å². The molecule has 35 heavy (non-hydrogen) atoms. The Labute approximate surface area is 210 Å². The first kappa shape index (κ1) is 23.4. The molecule has 3 aromatic rings. The van der Waals surface area contributed by atoms with E-state index >= 15 is 0 Å². The van der Waals surface area contributed by atoms with Crippen LogP contribution < -0.4 is 24.4 Å². The molecular formula is C26H23ClN2O5S. The second kappa shape index (κ2) is 9.36. The van der Waals surface area contributed by atoms with Gasteiger partial charge in [-0.15, -0.1) is 0 Å². The summed E-state index contributed by atoms with van der Waals surface area (Å²) in [6.45, 7) is 6.32. The van der Waals surface area contributed by atoms with E-state index in [9.17, 15) is 9.59 Å². The number of carbonyl (C=O) groups is 1. The van der Waals surface area contributed by atoms with E-state index < -0.39 is 12.0 Å². The van der Waals surface area contributed by atoms with Crippen molar-refractivity contribution in [1.29, 1.82) is 0 Å². The predicted molar refractivity (Wildman–Crippen MR) is 134 cm³/mol. The number of carbonyl (C=O) groups excluding carboxylic acids is 1. The van der Waals surface area contributed by atoms with Gasteiger partial charge in [0.05, 0.1) is 27.9 Å². The van der Waals surface area contributed by atoms with Crippen molar-refractivity contribution in [3.8, 4) is 11.5 Å². The van der Waals surface area contributed by atoms with Gasteiger partial charge in [-0.3, -0.25) is 9.36 Å². The summed E-state index contributed by atoms with van der Waals surface area (Å²) in [6.07, 6.45) is 1.49. The van der Waals surface area contributed by atoms with Gasteiger partial charge < -0.3 is 14.2 Å². The molecule has 0 saturated carbocycles. The third kappa shape index (κ3) is 4.51. The van der Waals surface area contributed by atoms with E-state index in [2.05, 4.69) is 4.99 Å². The van der Waals surface area contributed by atoms with Gasteiger partial charge >= 0.3 is 5.97 Å². The molecule has 2 aromatic carbocycles. The van der Waals surface area contributed by atoms with Crippen molar-refractivity contribution in [3.63, 3.8) is 0 Å². The summed E-state index contributed by atoms with van der Waals surface area (Å²) in [7, 11) is 0. The maximum Gasteiger partial charge on any atom is 0.338 e. The average molecular weight is 511 g/mol. The zero-order valence-electron chi connectivity index (χ0n) is 19.4. The summed E-state index contributed by atoms with van der Waals surface area (Å²) in [4.78, 5) is 31.9. The van der Waals surface area contributed by atoms with Gasteiger partial charge in [-0.25, -0.2) is 9.79 Å². The average Bonchev–Trinajstić information content (AvgIpc) is 3.12. The quantitative estimate of drug-likeness (QED) is 0.501. The molecule has 0 N–H and O–H groups in total. The van der Waals surface area contributed by atoms with Crippen LogP contribution in [0.1, 0.15) is 37.9 Å². The number of aromatic nitrogens is 1. The number of thiazole rings is 1. The Balaban J connectivity index is 1.67. The summed E-state index contributed by atoms with van der Waals surface area (Å²) in [6, 6.07) is 12.0. The largest absolute Gasteiger partial charge is 0.486 e. The zero-order valence-corrected chi connectivity index (χ0v) is 21.0. The van der Waals surface area contributed by atoms with Crippen molar-refractivity contribution in [2.24, 2.45) is 4.99 Å². The lowest BCUT2D eigenvalue weighted by Crippen LogP contribution is -2.40. The molecule has 0 amide bonds. The Morgan fingerprint density at radius 2 is 1.89 bits per heavy atom. The summed E-state index contributed by atoms with van der Waals surface area (Å²) >= 11 is 7.38. The molecule has 180 valence electrons. The lowest BCUT2D eigenvalue weighted by atomic mass is 9.96. The number of nitrogens with zero attached hydrogens (tertiary/aromatic N) is 2. The molecule has 5 rings (SSSR count). The third-order valence-corrected chi connectivity index (χ3v) is 6.87. The Bertz CT molecular complexity index is 1520. The van der Waals surface area contributed by atoms with E-state index in [1.165, 1.54) is 11.3 Å². The van der Waals surface area contributed by atoms with Crippen LogP contribution in [0.4, 0.5) is 0 Å². The first-order valence-corrected chi connectivity index (χ1v) is 12.4. The number of hydrogen-bond acceptors (Lipinski definition) is 7. The van der Waals surface area contributed by atoms with Crippen molar-refractivity contribution in [2.45, 2.75) is 32.9 Å².